The third-order valence-corrected chi connectivity index (χ3v) is 5.05. The molecule has 19 heavy (non-hydrogen) atoms. The van der Waals surface area contributed by atoms with Crippen molar-refractivity contribution in [2.24, 2.45) is 5.73 Å². The van der Waals surface area contributed by atoms with Crippen molar-refractivity contribution < 1.29 is 17.5 Å². The largest absolute Gasteiger partial charge is 0.376 e. The van der Waals surface area contributed by atoms with Crippen molar-refractivity contribution in [1.29, 1.82) is 0 Å². The van der Waals surface area contributed by atoms with E-state index < -0.39 is 15.8 Å². The van der Waals surface area contributed by atoms with Gasteiger partial charge in [0.1, 0.15) is 5.82 Å². The summed E-state index contributed by atoms with van der Waals surface area (Å²) in [6.45, 7) is 2.53. The highest BCUT2D eigenvalue weighted by Crippen LogP contribution is 2.23. The number of sulfonamides is 1. The van der Waals surface area contributed by atoms with Crippen molar-refractivity contribution in [2.75, 3.05) is 19.7 Å². The molecule has 1 aromatic carbocycles. The van der Waals surface area contributed by atoms with Crippen molar-refractivity contribution >= 4 is 10.0 Å². The SMILES string of the molecule is CC1CN(S(=O)(=O)c2cccc(F)c2CN)CCO1. The van der Waals surface area contributed by atoms with Crippen LogP contribution in [0.1, 0.15) is 12.5 Å². The molecule has 1 unspecified atom stereocenters. The van der Waals surface area contributed by atoms with Crippen LogP contribution in [0.5, 0.6) is 0 Å². The van der Waals surface area contributed by atoms with Crippen LogP contribution in [0.15, 0.2) is 23.1 Å². The van der Waals surface area contributed by atoms with E-state index >= 15 is 0 Å². The average molecular weight is 288 g/mol. The quantitative estimate of drug-likeness (QED) is 0.888. The second kappa shape index (κ2) is 5.54. The molecule has 1 atom stereocenters. The Morgan fingerprint density at radius 1 is 1.53 bits per heavy atom. The Kier molecular flexibility index (Phi) is 4.19. The Balaban J connectivity index is 2.42. The Hall–Kier alpha value is -1.02. The molecule has 1 aliphatic heterocycles. The molecule has 5 nitrogen and oxygen atoms in total. The summed E-state index contributed by atoms with van der Waals surface area (Å²) < 4.78 is 45.3. The molecular formula is C12H17FN2O3S. The Morgan fingerprint density at radius 3 is 2.89 bits per heavy atom. The Bertz CT molecular complexity index is 562. The molecule has 1 heterocycles. The van der Waals surface area contributed by atoms with Crippen LogP contribution in [0.4, 0.5) is 4.39 Å². The van der Waals surface area contributed by atoms with Crippen molar-refractivity contribution in [3.8, 4) is 0 Å². The number of hydrogen-bond acceptors (Lipinski definition) is 4. The van der Waals surface area contributed by atoms with Crippen LogP contribution < -0.4 is 5.73 Å². The lowest BCUT2D eigenvalue weighted by Crippen LogP contribution is -2.44. The molecule has 106 valence electrons. The molecule has 0 radical (unpaired) electrons. The van der Waals surface area contributed by atoms with Gasteiger partial charge < -0.3 is 10.5 Å². The minimum absolute atomic E-state index is 0.0293. The number of nitrogens with zero attached hydrogens (tertiary/aromatic N) is 1. The smallest absolute Gasteiger partial charge is 0.243 e. The third kappa shape index (κ3) is 2.79. The number of hydrogen-bond donors (Lipinski definition) is 1. The summed E-state index contributed by atoms with van der Waals surface area (Å²) in [5, 5.41) is 0. The molecule has 0 aromatic heterocycles. The predicted octanol–water partition coefficient (Wildman–Crippen LogP) is 0.694. The van der Waals surface area contributed by atoms with Crippen molar-refractivity contribution in [3.63, 3.8) is 0 Å². The molecule has 0 bridgehead atoms. The lowest BCUT2D eigenvalue weighted by Gasteiger charge is -2.30. The monoisotopic (exact) mass is 288 g/mol. The zero-order chi connectivity index (χ0) is 14.0. The average Bonchev–Trinajstić information content (AvgIpc) is 2.38. The summed E-state index contributed by atoms with van der Waals surface area (Å²) >= 11 is 0. The molecule has 1 fully saturated rings. The molecule has 0 saturated carbocycles. The van der Waals surface area contributed by atoms with Crippen LogP contribution >= 0.6 is 0 Å². The second-order valence-electron chi connectivity index (χ2n) is 4.47. The van der Waals surface area contributed by atoms with E-state index in [4.69, 9.17) is 10.5 Å². The van der Waals surface area contributed by atoms with Gasteiger partial charge in [0.25, 0.3) is 0 Å². The molecule has 0 amide bonds. The highest BCUT2D eigenvalue weighted by molar-refractivity contribution is 7.89. The van der Waals surface area contributed by atoms with Gasteiger partial charge in [-0.2, -0.15) is 4.31 Å². The highest BCUT2D eigenvalue weighted by Gasteiger charge is 2.31. The van der Waals surface area contributed by atoms with Crippen LogP contribution in [-0.4, -0.2) is 38.5 Å². The van der Waals surface area contributed by atoms with Crippen LogP contribution in [0.25, 0.3) is 0 Å². The van der Waals surface area contributed by atoms with Crippen LogP contribution in [0, 0.1) is 5.82 Å². The first-order valence-corrected chi connectivity index (χ1v) is 7.50. The van der Waals surface area contributed by atoms with Crippen molar-refractivity contribution in [3.05, 3.63) is 29.6 Å². The van der Waals surface area contributed by atoms with Gasteiger partial charge in [-0.3, -0.25) is 0 Å². The maximum atomic E-state index is 13.6. The number of nitrogens with two attached hydrogens (primary N) is 1. The van der Waals surface area contributed by atoms with E-state index in [9.17, 15) is 12.8 Å². The molecule has 2 rings (SSSR count). The van der Waals surface area contributed by atoms with E-state index in [0.29, 0.717) is 6.61 Å². The summed E-state index contributed by atoms with van der Waals surface area (Å²) in [7, 11) is -3.73. The van der Waals surface area contributed by atoms with E-state index in [2.05, 4.69) is 0 Å². The summed E-state index contributed by atoms with van der Waals surface area (Å²) in [5.74, 6) is -0.593. The molecule has 7 heteroatoms. The Morgan fingerprint density at radius 2 is 2.26 bits per heavy atom. The fourth-order valence-electron chi connectivity index (χ4n) is 2.12. The van der Waals surface area contributed by atoms with Gasteiger partial charge >= 0.3 is 0 Å². The molecular weight excluding hydrogens is 271 g/mol. The first-order valence-electron chi connectivity index (χ1n) is 6.06. The van der Waals surface area contributed by atoms with Gasteiger partial charge in [0.15, 0.2) is 0 Å². The van der Waals surface area contributed by atoms with Gasteiger partial charge in [0.05, 0.1) is 17.6 Å². The minimum atomic E-state index is -3.73. The summed E-state index contributed by atoms with van der Waals surface area (Å²) in [6.07, 6.45) is -0.168. The topological polar surface area (TPSA) is 72.6 Å². The molecule has 0 spiro atoms. The molecule has 1 saturated heterocycles. The molecule has 2 N–H and O–H groups in total. The number of ether oxygens (including phenoxy) is 1. The number of halogens is 1. The number of benzene rings is 1. The normalized spacial score (nSPS) is 21.5. The third-order valence-electron chi connectivity index (χ3n) is 3.10. The van der Waals surface area contributed by atoms with E-state index in [-0.39, 0.29) is 36.2 Å². The fraction of sp³-hybridized carbons (Fsp3) is 0.500. The lowest BCUT2D eigenvalue weighted by molar-refractivity contribution is 0.0101. The predicted molar refractivity (Wildman–Crippen MR) is 68.5 cm³/mol. The van der Waals surface area contributed by atoms with E-state index in [1.165, 1.54) is 22.5 Å². The van der Waals surface area contributed by atoms with Crippen molar-refractivity contribution in [2.45, 2.75) is 24.5 Å². The van der Waals surface area contributed by atoms with Gasteiger partial charge in [-0.25, -0.2) is 12.8 Å². The van der Waals surface area contributed by atoms with Gasteiger partial charge in [-0.1, -0.05) is 6.07 Å². The van der Waals surface area contributed by atoms with Gasteiger partial charge in [-0.05, 0) is 19.1 Å². The van der Waals surface area contributed by atoms with Crippen LogP contribution in [0.2, 0.25) is 0 Å². The van der Waals surface area contributed by atoms with E-state index in [0.717, 1.165) is 0 Å². The maximum Gasteiger partial charge on any atom is 0.243 e. The molecule has 1 aromatic rings. The molecule has 0 aliphatic carbocycles. The lowest BCUT2D eigenvalue weighted by atomic mass is 10.2. The number of morpholine rings is 1. The van der Waals surface area contributed by atoms with E-state index in [1.807, 2.05) is 0 Å². The highest BCUT2D eigenvalue weighted by atomic mass is 32.2. The van der Waals surface area contributed by atoms with Gasteiger partial charge in [0, 0.05) is 25.2 Å². The number of rotatable bonds is 3. The summed E-state index contributed by atoms with van der Waals surface area (Å²) in [4.78, 5) is -0.0518. The zero-order valence-corrected chi connectivity index (χ0v) is 11.5. The first-order chi connectivity index (χ1) is 8.96. The first kappa shape index (κ1) is 14.4. The standard InChI is InChI=1S/C12H17FN2O3S/c1-9-8-15(5-6-18-9)19(16,17)12-4-2-3-11(13)10(12)7-14/h2-4,9H,5-8,14H2,1H3. The van der Waals surface area contributed by atoms with Gasteiger partial charge in [-0.15, -0.1) is 0 Å². The summed E-state index contributed by atoms with van der Waals surface area (Å²) in [6, 6.07) is 3.98. The summed E-state index contributed by atoms with van der Waals surface area (Å²) in [5.41, 5.74) is 5.49. The minimum Gasteiger partial charge on any atom is -0.376 e. The zero-order valence-electron chi connectivity index (χ0n) is 10.7. The molecule has 1 aliphatic rings. The van der Waals surface area contributed by atoms with E-state index in [1.54, 1.807) is 6.92 Å². The van der Waals surface area contributed by atoms with Gasteiger partial charge in [0.2, 0.25) is 10.0 Å². The van der Waals surface area contributed by atoms with Crippen molar-refractivity contribution in [1.82, 2.24) is 4.31 Å². The fourth-order valence-corrected chi connectivity index (χ4v) is 3.86. The second-order valence-corrected chi connectivity index (χ2v) is 6.37. The maximum absolute atomic E-state index is 13.6. The van der Waals surface area contributed by atoms with Crippen LogP contribution in [0.3, 0.4) is 0 Å². The van der Waals surface area contributed by atoms with Crippen LogP contribution in [-0.2, 0) is 21.3 Å². The Labute approximate surface area is 112 Å².